The third kappa shape index (κ3) is 3.12. The quantitative estimate of drug-likeness (QED) is 0.705. The molecule has 0 aliphatic carbocycles. The zero-order valence-corrected chi connectivity index (χ0v) is 9.55. The topological polar surface area (TPSA) is 40.5 Å². The minimum Gasteiger partial charge on any atom is -0.481 e. The van der Waals surface area contributed by atoms with Gasteiger partial charge in [0.25, 0.3) is 0 Å². The van der Waals surface area contributed by atoms with Gasteiger partial charge in [-0.3, -0.25) is 4.79 Å². The summed E-state index contributed by atoms with van der Waals surface area (Å²) in [6.45, 7) is 6.94. The average Bonchev–Trinajstić information content (AvgIpc) is 2.30. The Morgan fingerprint density at radius 1 is 1.54 bits per heavy atom. The van der Waals surface area contributed by atoms with Gasteiger partial charge < -0.3 is 9.67 Å². The highest BCUT2D eigenvalue weighted by molar-refractivity contribution is 6.75. The Bertz CT molecular complexity index is 194. The molecule has 0 atom stereocenters. The largest absolute Gasteiger partial charge is 0.481 e. The Labute approximate surface area is 80.8 Å². The van der Waals surface area contributed by atoms with Gasteiger partial charge in [-0.2, -0.15) is 0 Å². The van der Waals surface area contributed by atoms with E-state index in [4.69, 9.17) is 5.11 Å². The number of aliphatic carboxylic acids is 1. The van der Waals surface area contributed by atoms with E-state index in [-0.39, 0.29) is 0 Å². The van der Waals surface area contributed by atoms with Gasteiger partial charge in [0.2, 0.25) is 0 Å². The number of carboxylic acids is 1. The summed E-state index contributed by atoms with van der Waals surface area (Å²) in [5, 5.41) is 8.51. The Kier molecular flexibility index (Phi) is 3.50. The van der Waals surface area contributed by atoms with Gasteiger partial charge in [-0.15, -0.1) is 0 Å². The van der Waals surface area contributed by atoms with Gasteiger partial charge in [0.1, 0.15) is 8.24 Å². The lowest BCUT2D eigenvalue weighted by atomic mass is 10.3. The van der Waals surface area contributed by atoms with Crippen molar-refractivity contribution in [3.8, 4) is 0 Å². The van der Waals surface area contributed by atoms with E-state index in [2.05, 4.69) is 17.7 Å². The number of carbonyl (C=O) groups is 1. The number of carboxylic acid groups (broad SMARTS) is 1. The molecule has 0 spiro atoms. The van der Waals surface area contributed by atoms with Crippen LogP contribution in [0.4, 0.5) is 0 Å². The molecule has 3 nitrogen and oxygen atoms in total. The second-order valence-electron chi connectivity index (χ2n) is 4.40. The van der Waals surface area contributed by atoms with Crippen LogP contribution in [0.1, 0.15) is 19.3 Å². The molecule has 1 aliphatic heterocycles. The summed E-state index contributed by atoms with van der Waals surface area (Å²) in [6.07, 6.45) is 2.44. The molecular formula is C9H19NO2Si. The monoisotopic (exact) mass is 201 g/mol. The third-order valence-corrected chi connectivity index (χ3v) is 6.63. The van der Waals surface area contributed by atoms with Crippen LogP contribution in [0.3, 0.4) is 0 Å². The second-order valence-corrected chi connectivity index (χ2v) is 9.16. The molecule has 1 N–H and O–H groups in total. The highest BCUT2D eigenvalue weighted by Gasteiger charge is 2.33. The van der Waals surface area contributed by atoms with Crippen LogP contribution < -0.4 is 0 Å². The van der Waals surface area contributed by atoms with Crippen molar-refractivity contribution < 1.29 is 9.90 Å². The summed E-state index contributed by atoms with van der Waals surface area (Å²) in [7, 11) is -1.10. The molecule has 1 rings (SSSR count). The van der Waals surface area contributed by atoms with E-state index in [9.17, 15) is 4.79 Å². The summed E-state index contributed by atoms with van der Waals surface area (Å²) >= 11 is 0. The number of nitrogens with zero attached hydrogens (tertiary/aromatic N) is 1. The fraction of sp³-hybridized carbons (Fsp3) is 0.889. The van der Waals surface area contributed by atoms with Crippen LogP contribution in [0.15, 0.2) is 0 Å². The van der Waals surface area contributed by atoms with Gasteiger partial charge in [-0.05, 0) is 32.0 Å². The SMILES string of the molecule is C[Si]1(C)CCCN1CCCC(=O)O. The lowest BCUT2D eigenvalue weighted by molar-refractivity contribution is -0.137. The van der Waals surface area contributed by atoms with Crippen LogP contribution in [-0.2, 0) is 4.79 Å². The van der Waals surface area contributed by atoms with Gasteiger partial charge in [0.05, 0.1) is 0 Å². The Morgan fingerprint density at radius 3 is 2.69 bits per heavy atom. The van der Waals surface area contributed by atoms with Gasteiger partial charge in [-0.1, -0.05) is 13.1 Å². The molecule has 1 heterocycles. The van der Waals surface area contributed by atoms with E-state index < -0.39 is 14.2 Å². The van der Waals surface area contributed by atoms with Crippen molar-refractivity contribution in [2.24, 2.45) is 0 Å². The first-order valence-electron chi connectivity index (χ1n) is 4.99. The van der Waals surface area contributed by atoms with Crippen molar-refractivity contribution in [3.63, 3.8) is 0 Å². The third-order valence-electron chi connectivity index (χ3n) is 2.89. The van der Waals surface area contributed by atoms with E-state index in [0.717, 1.165) is 13.0 Å². The molecule has 0 amide bonds. The van der Waals surface area contributed by atoms with Gasteiger partial charge >= 0.3 is 5.97 Å². The molecule has 0 bridgehead atoms. The summed E-state index contributed by atoms with van der Waals surface area (Å²) in [5.41, 5.74) is 0. The Morgan fingerprint density at radius 2 is 2.23 bits per heavy atom. The lowest BCUT2D eigenvalue weighted by Crippen LogP contribution is -2.43. The van der Waals surface area contributed by atoms with Crippen LogP contribution in [0.5, 0.6) is 0 Å². The zero-order valence-electron chi connectivity index (χ0n) is 8.55. The van der Waals surface area contributed by atoms with Gasteiger partial charge in [0, 0.05) is 6.42 Å². The molecule has 1 aliphatic rings. The molecule has 0 saturated carbocycles. The number of hydrogen-bond acceptors (Lipinski definition) is 2. The summed E-state index contributed by atoms with van der Waals surface area (Å²) in [5.74, 6) is -0.668. The molecule has 76 valence electrons. The second kappa shape index (κ2) is 4.24. The molecule has 13 heavy (non-hydrogen) atoms. The van der Waals surface area contributed by atoms with E-state index in [1.165, 1.54) is 19.0 Å². The first-order chi connectivity index (χ1) is 6.02. The average molecular weight is 201 g/mol. The zero-order chi connectivity index (χ0) is 9.90. The molecule has 0 aromatic heterocycles. The van der Waals surface area contributed by atoms with Crippen molar-refractivity contribution in [2.45, 2.75) is 38.4 Å². The van der Waals surface area contributed by atoms with Crippen LogP contribution in [0.2, 0.25) is 19.1 Å². The fourth-order valence-electron chi connectivity index (χ4n) is 2.00. The molecular weight excluding hydrogens is 182 g/mol. The molecule has 1 fully saturated rings. The lowest BCUT2D eigenvalue weighted by Gasteiger charge is -2.29. The maximum atomic E-state index is 10.3. The first-order valence-corrected chi connectivity index (χ1v) is 8.15. The smallest absolute Gasteiger partial charge is 0.303 e. The van der Waals surface area contributed by atoms with E-state index in [1.807, 2.05) is 0 Å². The first kappa shape index (κ1) is 10.7. The van der Waals surface area contributed by atoms with Crippen molar-refractivity contribution >= 4 is 14.2 Å². The van der Waals surface area contributed by atoms with Crippen LogP contribution in [-0.4, -0.2) is 37.0 Å². The molecule has 0 unspecified atom stereocenters. The minimum atomic E-state index is -1.10. The predicted molar refractivity (Wildman–Crippen MR) is 55.3 cm³/mol. The van der Waals surface area contributed by atoms with Crippen LogP contribution >= 0.6 is 0 Å². The summed E-state index contributed by atoms with van der Waals surface area (Å²) in [6, 6.07) is 1.38. The Hall–Kier alpha value is -0.353. The molecule has 1 saturated heterocycles. The molecule has 0 aromatic carbocycles. The van der Waals surface area contributed by atoms with E-state index in [1.54, 1.807) is 0 Å². The van der Waals surface area contributed by atoms with Crippen molar-refractivity contribution in [2.75, 3.05) is 13.1 Å². The number of hydrogen-bond donors (Lipinski definition) is 1. The normalized spacial score (nSPS) is 22.0. The highest BCUT2D eigenvalue weighted by atomic mass is 28.3. The van der Waals surface area contributed by atoms with Gasteiger partial charge in [-0.25, -0.2) is 0 Å². The van der Waals surface area contributed by atoms with Crippen molar-refractivity contribution in [3.05, 3.63) is 0 Å². The van der Waals surface area contributed by atoms with Gasteiger partial charge in [0.15, 0.2) is 0 Å². The summed E-state index contributed by atoms with van der Waals surface area (Å²) in [4.78, 5) is 10.3. The highest BCUT2D eigenvalue weighted by Crippen LogP contribution is 2.25. The number of rotatable bonds is 4. The Balaban J connectivity index is 2.25. The van der Waals surface area contributed by atoms with E-state index >= 15 is 0 Å². The van der Waals surface area contributed by atoms with Crippen LogP contribution in [0.25, 0.3) is 0 Å². The van der Waals surface area contributed by atoms with Crippen LogP contribution in [0, 0.1) is 0 Å². The maximum Gasteiger partial charge on any atom is 0.303 e. The minimum absolute atomic E-state index is 0.320. The predicted octanol–water partition coefficient (Wildman–Crippen LogP) is 1.76. The fourth-order valence-corrected chi connectivity index (χ4v) is 4.87. The standard InChI is InChI=1S/C9H19NO2Si/c1-13(2)8-4-7-10(13)6-3-5-9(11)12/h3-8H2,1-2H3,(H,11,12). The molecule has 0 radical (unpaired) electrons. The van der Waals surface area contributed by atoms with E-state index in [0.29, 0.717) is 6.42 Å². The summed E-state index contributed by atoms with van der Waals surface area (Å²) < 4.78 is 2.54. The molecule has 0 aromatic rings. The van der Waals surface area contributed by atoms with Crippen molar-refractivity contribution in [1.29, 1.82) is 0 Å². The maximum absolute atomic E-state index is 10.3. The van der Waals surface area contributed by atoms with Crippen molar-refractivity contribution in [1.82, 2.24) is 4.57 Å². The molecule has 4 heteroatoms.